The molecule has 2 rings (SSSR count). The zero-order valence-corrected chi connectivity index (χ0v) is 17.9. The van der Waals surface area contributed by atoms with Crippen molar-refractivity contribution in [3.05, 3.63) is 77.4 Å². The lowest BCUT2D eigenvalue weighted by atomic mass is 10.2. The summed E-state index contributed by atoms with van der Waals surface area (Å²) in [5, 5.41) is 12.4. The van der Waals surface area contributed by atoms with Crippen molar-refractivity contribution < 1.29 is 9.18 Å². The van der Waals surface area contributed by atoms with Crippen molar-refractivity contribution in [2.75, 3.05) is 19.4 Å². The number of hydrogen-bond donors (Lipinski definition) is 1. The van der Waals surface area contributed by atoms with E-state index in [4.69, 9.17) is 5.26 Å². The van der Waals surface area contributed by atoms with Gasteiger partial charge in [0.25, 0.3) is 5.91 Å². The van der Waals surface area contributed by atoms with Gasteiger partial charge < -0.3 is 10.2 Å². The minimum absolute atomic E-state index is 0.0636. The quantitative estimate of drug-likeness (QED) is 0.387. The van der Waals surface area contributed by atoms with Gasteiger partial charge in [0.05, 0.1) is 22.9 Å². The second-order valence-electron chi connectivity index (χ2n) is 6.16. The van der Waals surface area contributed by atoms with Gasteiger partial charge in [0.1, 0.15) is 0 Å². The van der Waals surface area contributed by atoms with Crippen molar-refractivity contribution in [3.8, 4) is 6.07 Å². The Hall–Kier alpha value is -3.11. The molecule has 7 heteroatoms. The van der Waals surface area contributed by atoms with Gasteiger partial charge in [0, 0.05) is 36.4 Å². The highest BCUT2D eigenvalue weighted by molar-refractivity contribution is 8.03. The Morgan fingerprint density at radius 3 is 2.45 bits per heavy atom. The van der Waals surface area contributed by atoms with Crippen LogP contribution in [-0.2, 0) is 0 Å². The minimum Gasteiger partial charge on any atom is -0.372 e. The van der Waals surface area contributed by atoms with E-state index in [1.807, 2.05) is 37.2 Å². The zero-order chi connectivity index (χ0) is 21.8. The molecule has 0 aliphatic carbocycles. The Kier molecular flexibility index (Phi) is 10.2. The van der Waals surface area contributed by atoms with E-state index in [9.17, 15) is 9.18 Å². The second-order valence-corrected chi connectivity index (χ2v) is 7.25. The fraction of sp³-hybridized carbons (Fsp3) is 0.227. The first-order valence-corrected chi connectivity index (χ1v) is 9.80. The third-order valence-electron chi connectivity index (χ3n) is 3.23. The number of aromatic nitrogens is 1. The molecule has 0 unspecified atom stereocenters. The van der Waals surface area contributed by atoms with Gasteiger partial charge in [0.15, 0.2) is 5.82 Å². The van der Waals surface area contributed by atoms with E-state index in [1.165, 1.54) is 30.4 Å². The highest BCUT2D eigenvalue weighted by atomic mass is 32.2. The number of hydrogen-bond acceptors (Lipinski definition) is 5. The highest BCUT2D eigenvalue weighted by Crippen LogP contribution is 2.29. The number of carbonyl (C=O) groups is 1. The Labute approximate surface area is 176 Å². The van der Waals surface area contributed by atoms with Crippen LogP contribution in [0.2, 0.25) is 0 Å². The van der Waals surface area contributed by atoms with Crippen molar-refractivity contribution in [2.24, 2.45) is 0 Å². The first kappa shape index (κ1) is 23.9. The maximum absolute atomic E-state index is 13.6. The number of pyridine rings is 1. The summed E-state index contributed by atoms with van der Waals surface area (Å²) in [6, 6.07) is 10.4. The summed E-state index contributed by atoms with van der Waals surface area (Å²) in [6.45, 7) is 7.91. The number of nitriles is 1. The summed E-state index contributed by atoms with van der Waals surface area (Å²) < 4.78 is 13.6. The van der Waals surface area contributed by atoms with Crippen LogP contribution >= 0.6 is 11.8 Å². The second kappa shape index (κ2) is 12.4. The van der Waals surface area contributed by atoms with Crippen molar-refractivity contribution in [1.82, 2.24) is 9.88 Å². The molecule has 0 spiro atoms. The van der Waals surface area contributed by atoms with Gasteiger partial charge >= 0.3 is 0 Å². The molecule has 0 saturated heterocycles. The van der Waals surface area contributed by atoms with E-state index >= 15 is 0 Å². The third kappa shape index (κ3) is 8.20. The van der Waals surface area contributed by atoms with Crippen molar-refractivity contribution in [2.45, 2.75) is 25.2 Å². The number of nitrogens with one attached hydrogen (secondary N) is 1. The molecule has 2 aromatic rings. The maximum Gasteiger partial charge on any atom is 0.258 e. The van der Waals surface area contributed by atoms with E-state index < -0.39 is 11.7 Å². The van der Waals surface area contributed by atoms with E-state index in [2.05, 4.69) is 30.7 Å². The third-order valence-corrected chi connectivity index (χ3v) is 4.43. The Morgan fingerprint density at radius 2 is 1.93 bits per heavy atom. The molecule has 1 amide bonds. The molecule has 5 nitrogen and oxygen atoms in total. The molecule has 0 aliphatic rings. The summed E-state index contributed by atoms with van der Waals surface area (Å²) in [5.41, 5.74) is 0.850. The molecule has 29 heavy (non-hydrogen) atoms. The van der Waals surface area contributed by atoms with Crippen LogP contribution in [0.5, 0.6) is 0 Å². The number of amides is 1. The van der Waals surface area contributed by atoms with E-state index in [-0.39, 0.29) is 5.56 Å². The number of benzene rings is 1. The summed E-state index contributed by atoms with van der Waals surface area (Å²) in [5.74, 6) is -1.21. The van der Waals surface area contributed by atoms with E-state index in [1.54, 1.807) is 18.2 Å². The van der Waals surface area contributed by atoms with Crippen LogP contribution in [0, 0.1) is 17.1 Å². The topological polar surface area (TPSA) is 69.0 Å². The van der Waals surface area contributed by atoms with Crippen LogP contribution in [0.15, 0.2) is 70.9 Å². The Balaban J connectivity index is 0.00000132. The van der Waals surface area contributed by atoms with Crippen molar-refractivity contribution >= 4 is 23.4 Å². The van der Waals surface area contributed by atoms with E-state index in [0.29, 0.717) is 11.3 Å². The van der Waals surface area contributed by atoms with Crippen LogP contribution in [0.4, 0.5) is 10.1 Å². The predicted molar refractivity (Wildman–Crippen MR) is 117 cm³/mol. The molecule has 1 N–H and O–H groups in total. The molecule has 0 bridgehead atoms. The minimum atomic E-state index is -0.671. The molecule has 1 aromatic heterocycles. The SMILES string of the molecule is C=C(C#N)/C=C(/Sc1ccc(NC(=O)c2ccncc2F)cc1)N(C)C.CCC. The van der Waals surface area contributed by atoms with Gasteiger partial charge in [-0.05, 0) is 36.4 Å². The molecule has 1 aromatic carbocycles. The largest absolute Gasteiger partial charge is 0.372 e. The molecule has 0 atom stereocenters. The molecule has 152 valence electrons. The number of halogens is 1. The summed E-state index contributed by atoms with van der Waals surface area (Å²) >= 11 is 1.46. The van der Waals surface area contributed by atoms with E-state index in [0.717, 1.165) is 16.1 Å². The van der Waals surface area contributed by atoms with Gasteiger partial charge in [-0.2, -0.15) is 5.26 Å². The Bertz CT molecular complexity index is 902. The lowest BCUT2D eigenvalue weighted by Gasteiger charge is -2.16. The summed E-state index contributed by atoms with van der Waals surface area (Å²) in [7, 11) is 3.75. The number of nitrogens with zero attached hydrogens (tertiary/aromatic N) is 3. The molecular formula is C22H25FN4OS. The molecule has 0 radical (unpaired) electrons. The monoisotopic (exact) mass is 412 g/mol. The fourth-order valence-electron chi connectivity index (χ4n) is 1.92. The first-order chi connectivity index (χ1) is 13.8. The molecule has 0 aliphatic heterocycles. The lowest BCUT2D eigenvalue weighted by Crippen LogP contribution is -2.13. The standard InChI is InChI=1S/C19H17FN4OS.C3H8/c1-13(11-21)10-18(24(2)3)26-15-6-4-14(5-7-15)23-19(25)16-8-9-22-12-17(16)20;1-3-2/h4-10,12H,1H2,2-3H3,(H,23,25);3H2,1-2H3/b18-10+;. The van der Waals surface area contributed by atoms with Gasteiger partial charge in [-0.3, -0.25) is 9.78 Å². The smallest absolute Gasteiger partial charge is 0.258 e. The van der Waals surface area contributed by atoms with Crippen LogP contribution < -0.4 is 5.32 Å². The maximum atomic E-state index is 13.6. The predicted octanol–water partition coefficient (Wildman–Crippen LogP) is 5.46. The Morgan fingerprint density at radius 1 is 1.31 bits per heavy atom. The van der Waals surface area contributed by atoms with Crippen molar-refractivity contribution in [1.29, 1.82) is 5.26 Å². The van der Waals surface area contributed by atoms with Crippen LogP contribution in [-0.4, -0.2) is 29.9 Å². The lowest BCUT2D eigenvalue weighted by molar-refractivity contribution is 0.102. The average molecular weight is 413 g/mol. The molecule has 0 fully saturated rings. The van der Waals surface area contributed by atoms with Gasteiger partial charge in [0.2, 0.25) is 0 Å². The molecule has 1 heterocycles. The summed E-state index contributed by atoms with van der Waals surface area (Å²) in [4.78, 5) is 18.5. The molecule has 0 saturated carbocycles. The average Bonchev–Trinajstić information content (AvgIpc) is 2.69. The normalized spacial score (nSPS) is 10.3. The molecular weight excluding hydrogens is 387 g/mol. The highest BCUT2D eigenvalue weighted by Gasteiger charge is 2.11. The van der Waals surface area contributed by atoms with Crippen molar-refractivity contribution in [3.63, 3.8) is 0 Å². The number of carbonyl (C=O) groups excluding carboxylic acids is 1. The van der Waals surface area contributed by atoms with Crippen LogP contribution in [0.1, 0.15) is 30.6 Å². The first-order valence-electron chi connectivity index (χ1n) is 8.99. The fourth-order valence-corrected chi connectivity index (χ4v) is 2.81. The summed E-state index contributed by atoms with van der Waals surface area (Å²) in [6.07, 6.45) is 5.31. The van der Waals surface area contributed by atoms with Gasteiger partial charge in [-0.25, -0.2) is 4.39 Å². The van der Waals surface area contributed by atoms with Gasteiger partial charge in [-0.1, -0.05) is 38.6 Å². The van der Waals surface area contributed by atoms with Crippen LogP contribution in [0.3, 0.4) is 0 Å². The number of allylic oxidation sites excluding steroid dienone is 2. The number of rotatable bonds is 6. The van der Waals surface area contributed by atoms with Gasteiger partial charge in [-0.15, -0.1) is 0 Å². The zero-order valence-electron chi connectivity index (χ0n) is 17.1. The van der Waals surface area contributed by atoms with Crippen LogP contribution in [0.25, 0.3) is 0 Å². The number of thioether (sulfide) groups is 1. The number of anilines is 1.